The normalized spacial score (nSPS) is 20.2. The second-order valence-electron chi connectivity index (χ2n) is 5.80. The van der Waals surface area contributed by atoms with Crippen molar-refractivity contribution in [1.82, 2.24) is 10.2 Å². The minimum absolute atomic E-state index is 0.0220. The van der Waals surface area contributed by atoms with E-state index in [0.717, 1.165) is 4.90 Å². The highest BCUT2D eigenvalue weighted by Crippen LogP contribution is 2.30. The molecule has 1 heterocycles. The number of nitrogens with one attached hydrogen (secondary N) is 1. The van der Waals surface area contributed by atoms with Gasteiger partial charge < -0.3 is 10.1 Å². The predicted octanol–water partition coefficient (Wildman–Crippen LogP) is 2.80. The number of methoxy groups -OCH3 is 1. The summed E-state index contributed by atoms with van der Waals surface area (Å²) in [4.78, 5) is 26.2. The molecular weight excluding hydrogens is 311 g/mol. The smallest absolute Gasteiger partial charge is 0.325 e. The van der Waals surface area contributed by atoms with E-state index in [2.05, 4.69) is 5.32 Å². The highest BCUT2D eigenvalue weighted by molar-refractivity contribution is 6.07. The third-order valence-corrected chi connectivity index (χ3v) is 4.17. The molecule has 2 aromatic rings. The van der Waals surface area contributed by atoms with Crippen LogP contribution in [0.3, 0.4) is 0 Å². The Labute approximate surface area is 139 Å². The number of carbonyl (C=O) groups is 2. The summed E-state index contributed by atoms with van der Waals surface area (Å²) in [6.45, 7) is 1.68. The first-order valence-electron chi connectivity index (χ1n) is 7.47. The van der Waals surface area contributed by atoms with Crippen molar-refractivity contribution in [2.45, 2.75) is 19.0 Å². The first-order valence-corrected chi connectivity index (χ1v) is 7.47. The van der Waals surface area contributed by atoms with Crippen molar-refractivity contribution in [1.29, 1.82) is 0 Å². The minimum atomic E-state index is -1.16. The van der Waals surface area contributed by atoms with Gasteiger partial charge in [0.25, 0.3) is 5.91 Å². The Bertz CT molecular complexity index is 791. The molecule has 0 bridgehead atoms. The van der Waals surface area contributed by atoms with Crippen molar-refractivity contribution in [3.8, 4) is 5.75 Å². The van der Waals surface area contributed by atoms with E-state index in [4.69, 9.17) is 4.74 Å². The molecule has 1 aliphatic heterocycles. The van der Waals surface area contributed by atoms with Crippen LogP contribution in [0.4, 0.5) is 9.18 Å². The highest BCUT2D eigenvalue weighted by Gasteiger charge is 2.48. The van der Waals surface area contributed by atoms with Crippen LogP contribution in [0.25, 0.3) is 0 Å². The molecule has 0 saturated carbocycles. The maximum atomic E-state index is 13.3. The maximum absolute atomic E-state index is 13.3. The minimum Gasteiger partial charge on any atom is -0.497 e. The Hall–Kier alpha value is -2.89. The summed E-state index contributed by atoms with van der Waals surface area (Å²) in [5.41, 5.74) is 0.0531. The van der Waals surface area contributed by atoms with Crippen molar-refractivity contribution in [2.75, 3.05) is 7.11 Å². The summed E-state index contributed by atoms with van der Waals surface area (Å²) in [6.07, 6.45) is 0. The molecule has 1 fully saturated rings. The first-order chi connectivity index (χ1) is 11.4. The molecule has 3 rings (SSSR count). The number of nitrogens with zero attached hydrogens (tertiary/aromatic N) is 1. The summed E-state index contributed by atoms with van der Waals surface area (Å²) < 4.78 is 18.4. The van der Waals surface area contributed by atoms with Crippen LogP contribution in [0.5, 0.6) is 5.75 Å². The number of carbonyl (C=O) groups excluding carboxylic acids is 2. The quantitative estimate of drug-likeness (QED) is 0.878. The molecule has 2 aromatic carbocycles. The lowest BCUT2D eigenvalue weighted by Crippen LogP contribution is -2.40. The van der Waals surface area contributed by atoms with E-state index in [0.29, 0.717) is 16.9 Å². The van der Waals surface area contributed by atoms with Gasteiger partial charge in [0.05, 0.1) is 13.7 Å². The van der Waals surface area contributed by atoms with Gasteiger partial charge in [-0.15, -0.1) is 0 Å². The standard InChI is InChI=1S/C18H17FN2O3/c1-18(13-6-8-15(24-2)9-7-13)16(22)21(17(23)20-18)11-12-4-3-5-14(19)10-12/h3-10H,11H2,1-2H3,(H,20,23). The zero-order chi connectivity index (χ0) is 17.3. The van der Waals surface area contributed by atoms with Gasteiger partial charge in [0, 0.05) is 0 Å². The molecule has 124 valence electrons. The molecule has 0 radical (unpaired) electrons. The van der Waals surface area contributed by atoms with Gasteiger partial charge in [-0.1, -0.05) is 24.3 Å². The summed E-state index contributed by atoms with van der Waals surface area (Å²) >= 11 is 0. The fraction of sp³-hybridized carbons (Fsp3) is 0.222. The van der Waals surface area contributed by atoms with Crippen LogP contribution in [0, 0.1) is 5.82 Å². The lowest BCUT2D eigenvalue weighted by Gasteiger charge is -2.22. The predicted molar refractivity (Wildman–Crippen MR) is 85.8 cm³/mol. The molecule has 1 saturated heterocycles. The fourth-order valence-electron chi connectivity index (χ4n) is 2.78. The number of rotatable bonds is 4. The van der Waals surface area contributed by atoms with E-state index in [-0.39, 0.29) is 12.5 Å². The number of halogens is 1. The van der Waals surface area contributed by atoms with Crippen LogP contribution >= 0.6 is 0 Å². The van der Waals surface area contributed by atoms with E-state index in [1.54, 1.807) is 50.4 Å². The van der Waals surface area contributed by atoms with E-state index < -0.39 is 17.4 Å². The van der Waals surface area contributed by atoms with Gasteiger partial charge in [0.15, 0.2) is 0 Å². The number of urea groups is 1. The summed E-state index contributed by atoms with van der Waals surface area (Å²) in [5, 5.41) is 2.72. The Morgan fingerprint density at radius 3 is 2.50 bits per heavy atom. The van der Waals surface area contributed by atoms with Crippen LogP contribution < -0.4 is 10.1 Å². The number of amides is 3. The van der Waals surface area contributed by atoms with Crippen LogP contribution in [0.1, 0.15) is 18.1 Å². The SMILES string of the molecule is COc1ccc(C2(C)NC(=O)N(Cc3cccc(F)c3)C2=O)cc1. The second-order valence-corrected chi connectivity index (χ2v) is 5.80. The van der Waals surface area contributed by atoms with Gasteiger partial charge in [-0.2, -0.15) is 0 Å². The van der Waals surface area contributed by atoms with Gasteiger partial charge >= 0.3 is 6.03 Å². The number of ether oxygens (including phenoxy) is 1. The zero-order valence-corrected chi connectivity index (χ0v) is 13.4. The number of hydrogen-bond acceptors (Lipinski definition) is 3. The highest BCUT2D eigenvalue weighted by atomic mass is 19.1. The van der Waals surface area contributed by atoms with Crippen molar-refractivity contribution in [2.24, 2.45) is 0 Å². The van der Waals surface area contributed by atoms with E-state index in [1.807, 2.05) is 0 Å². The van der Waals surface area contributed by atoms with Gasteiger partial charge in [0.1, 0.15) is 17.1 Å². The number of benzene rings is 2. The third kappa shape index (κ3) is 2.71. The monoisotopic (exact) mass is 328 g/mol. The second kappa shape index (κ2) is 5.96. The van der Waals surface area contributed by atoms with E-state index in [1.165, 1.54) is 12.1 Å². The van der Waals surface area contributed by atoms with Gasteiger partial charge in [0.2, 0.25) is 0 Å². The van der Waals surface area contributed by atoms with Crippen LogP contribution in [0.15, 0.2) is 48.5 Å². The molecule has 0 spiro atoms. The third-order valence-electron chi connectivity index (χ3n) is 4.17. The average Bonchev–Trinajstić information content (AvgIpc) is 2.79. The Morgan fingerprint density at radius 2 is 1.88 bits per heavy atom. The molecule has 1 N–H and O–H groups in total. The Kier molecular flexibility index (Phi) is 3.97. The summed E-state index contributed by atoms with van der Waals surface area (Å²) in [6, 6.07) is 12.3. The zero-order valence-electron chi connectivity index (χ0n) is 13.4. The van der Waals surface area contributed by atoms with Crippen molar-refractivity contribution in [3.63, 3.8) is 0 Å². The van der Waals surface area contributed by atoms with Crippen molar-refractivity contribution < 1.29 is 18.7 Å². The largest absolute Gasteiger partial charge is 0.497 e. The average molecular weight is 328 g/mol. The Balaban J connectivity index is 1.87. The fourth-order valence-corrected chi connectivity index (χ4v) is 2.78. The Morgan fingerprint density at radius 1 is 1.17 bits per heavy atom. The lowest BCUT2D eigenvalue weighted by molar-refractivity contribution is -0.131. The van der Waals surface area contributed by atoms with Crippen LogP contribution in [-0.4, -0.2) is 23.9 Å². The van der Waals surface area contributed by atoms with E-state index >= 15 is 0 Å². The molecule has 6 heteroatoms. The van der Waals surface area contributed by atoms with Crippen molar-refractivity contribution in [3.05, 3.63) is 65.5 Å². The van der Waals surface area contributed by atoms with Crippen LogP contribution in [-0.2, 0) is 16.9 Å². The maximum Gasteiger partial charge on any atom is 0.325 e. The molecule has 0 aromatic heterocycles. The topological polar surface area (TPSA) is 58.6 Å². The molecule has 1 aliphatic rings. The number of hydrogen-bond donors (Lipinski definition) is 1. The van der Waals surface area contributed by atoms with Crippen LogP contribution in [0.2, 0.25) is 0 Å². The molecule has 3 amide bonds. The molecule has 24 heavy (non-hydrogen) atoms. The molecule has 0 aliphatic carbocycles. The number of imide groups is 1. The molecule has 1 atom stereocenters. The molecule has 1 unspecified atom stereocenters. The molecule has 5 nitrogen and oxygen atoms in total. The van der Waals surface area contributed by atoms with Gasteiger partial charge in [-0.25, -0.2) is 9.18 Å². The van der Waals surface area contributed by atoms with Gasteiger partial charge in [-0.05, 0) is 42.3 Å². The molecular formula is C18H17FN2O3. The van der Waals surface area contributed by atoms with E-state index in [9.17, 15) is 14.0 Å². The summed E-state index contributed by atoms with van der Waals surface area (Å²) in [5.74, 6) is -0.116. The summed E-state index contributed by atoms with van der Waals surface area (Å²) in [7, 11) is 1.56. The lowest BCUT2D eigenvalue weighted by atomic mass is 9.92. The van der Waals surface area contributed by atoms with Crippen molar-refractivity contribution >= 4 is 11.9 Å². The first kappa shape index (κ1) is 16.0. The van der Waals surface area contributed by atoms with Gasteiger partial charge in [-0.3, -0.25) is 9.69 Å².